The fourth-order valence-electron chi connectivity index (χ4n) is 1.41. The molecular weight excluding hydrogens is 444 g/mol. The van der Waals surface area contributed by atoms with E-state index in [-0.39, 0.29) is 27.1 Å². The van der Waals surface area contributed by atoms with E-state index in [4.69, 9.17) is 15.3 Å². The summed E-state index contributed by atoms with van der Waals surface area (Å²) in [6.45, 7) is 25.9. The zero-order chi connectivity index (χ0) is 26.2. The third-order valence-electron chi connectivity index (χ3n) is 4.49. The van der Waals surface area contributed by atoms with Gasteiger partial charge >= 0.3 is 17.9 Å². The molecule has 3 N–H and O–H groups in total. The molecule has 0 saturated carbocycles. The molecule has 186 valence electrons. The van der Waals surface area contributed by atoms with Crippen LogP contribution in [0.3, 0.4) is 0 Å². The first-order chi connectivity index (χ1) is 13.3. The molecule has 32 heavy (non-hydrogen) atoms. The van der Waals surface area contributed by atoms with Gasteiger partial charge in [0.2, 0.25) is 0 Å². The van der Waals surface area contributed by atoms with Gasteiger partial charge in [0.05, 0.1) is 16.2 Å². The van der Waals surface area contributed by atoms with E-state index in [1.807, 2.05) is 0 Å². The number of carboxylic acids is 3. The number of hydrogen-bond acceptors (Lipinski definition) is 3. The maximum absolute atomic E-state index is 10.0. The van der Waals surface area contributed by atoms with Crippen molar-refractivity contribution < 1.29 is 51.4 Å². The second-order valence-electron chi connectivity index (χ2n) is 11.3. The van der Waals surface area contributed by atoms with Gasteiger partial charge in [-0.2, -0.15) is 11.1 Å². The van der Waals surface area contributed by atoms with Crippen molar-refractivity contribution in [3.05, 3.63) is 22.8 Å². The summed E-state index contributed by atoms with van der Waals surface area (Å²) in [6.07, 6.45) is 3.44. The van der Waals surface area contributed by atoms with Crippen LogP contribution < -0.4 is 0 Å². The zero-order valence-electron chi connectivity index (χ0n) is 22.6. The van der Waals surface area contributed by atoms with Gasteiger partial charge in [-0.25, -0.2) is 5.57 Å². The van der Waals surface area contributed by atoms with E-state index in [0.29, 0.717) is 0 Å². The minimum absolute atomic E-state index is 0. The summed E-state index contributed by atoms with van der Waals surface area (Å²) in [7, 11) is 0. The topological polar surface area (TPSA) is 112 Å². The molecule has 0 radical (unpaired) electrons. The average molecular weight is 489 g/mol. The van der Waals surface area contributed by atoms with Crippen LogP contribution in [-0.2, 0) is 36.1 Å². The van der Waals surface area contributed by atoms with Crippen molar-refractivity contribution in [1.29, 1.82) is 0 Å². The van der Waals surface area contributed by atoms with E-state index in [9.17, 15) is 14.4 Å². The molecule has 1 aliphatic rings. The van der Waals surface area contributed by atoms with Gasteiger partial charge < -0.3 is 15.3 Å². The van der Waals surface area contributed by atoms with E-state index in [1.165, 1.54) is 16.7 Å². The van der Waals surface area contributed by atoms with Gasteiger partial charge in [0.25, 0.3) is 0 Å². The average Bonchev–Trinajstić information content (AvgIpc) is 2.68. The predicted molar refractivity (Wildman–Crippen MR) is 126 cm³/mol. The van der Waals surface area contributed by atoms with Gasteiger partial charge in [0, 0.05) is 21.7 Å². The third kappa shape index (κ3) is 17.2. The van der Waals surface area contributed by atoms with Crippen LogP contribution in [0.5, 0.6) is 0 Å². The maximum atomic E-state index is 10.0. The first kappa shape index (κ1) is 37.9. The van der Waals surface area contributed by atoms with Crippen LogP contribution in [0.1, 0.15) is 96.9 Å². The number of allylic oxidation sites excluding steroid dienone is 4. The Morgan fingerprint density at radius 2 is 0.844 bits per heavy atom. The molecule has 0 aliphatic heterocycles. The van der Waals surface area contributed by atoms with Crippen molar-refractivity contribution in [3.8, 4) is 0 Å². The Bertz CT molecular complexity index is 636. The molecule has 0 aromatic heterocycles. The summed E-state index contributed by atoms with van der Waals surface area (Å²) in [4.78, 5) is 30.1. The standard InChI is InChI=1S/C10H15.3C5H10O2.Ti/c1-7-6-10(4,5)9(3)8(7)2;3*1-5(2,3)4(6)7;/h1-5H3;3*1-3H3,(H,6,7);/q-1;;;;. The Morgan fingerprint density at radius 3 is 0.875 bits per heavy atom. The van der Waals surface area contributed by atoms with Gasteiger partial charge in [0.15, 0.2) is 0 Å². The van der Waals surface area contributed by atoms with Gasteiger partial charge in [-0.1, -0.05) is 33.1 Å². The molecule has 0 unspecified atom stereocenters. The molecular formula is C25H45O6Ti-. The minimum Gasteiger partial charge on any atom is -0.481 e. The normalized spacial score (nSPS) is 14.8. The Morgan fingerprint density at radius 1 is 0.656 bits per heavy atom. The van der Waals surface area contributed by atoms with Crippen LogP contribution in [0.15, 0.2) is 16.7 Å². The van der Waals surface area contributed by atoms with E-state index < -0.39 is 34.2 Å². The molecule has 0 atom stereocenters. The molecule has 0 saturated heterocycles. The van der Waals surface area contributed by atoms with E-state index >= 15 is 0 Å². The van der Waals surface area contributed by atoms with Crippen molar-refractivity contribution in [3.63, 3.8) is 0 Å². The van der Waals surface area contributed by atoms with Crippen molar-refractivity contribution in [2.24, 2.45) is 21.7 Å². The van der Waals surface area contributed by atoms with Crippen LogP contribution in [0.25, 0.3) is 0 Å². The summed E-state index contributed by atoms with van der Waals surface area (Å²) in [5.41, 5.74) is 2.64. The van der Waals surface area contributed by atoms with Crippen LogP contribution >= 0.6 is 0 Å². The summed E-state index contributed by atoms with van der Waals surface area (Å²) >= 11 is 0. The Kier molecular flexibility index (Phi) is 16.6. The SMILES string of the molecule is CC(C)(C)C(=O)O.CC(C)(C)C(=O)O.CC(C)(C)C(=O)O.CC1=[C-]C(C)(C)C(C)=C1C.[Ti]. The Balaban J connectivity index is -0.000000164. The first-order valence-corrected chi connectivity index (χ1v) is 10.3. The van der Waals surface area contributed by atoms with E-state index in [1.54, 1.807) is 62.3 Å². The molecule has 1 rings (SSSR count). The fourth-order valence-corrected chi connectivity index (χ4v) is 1.41. The molecule has 0 aromatic rings. The minimum atomic E-state index is -0.757. The number of aliphatic carboxylic acids is 3. The Labute approximate surface area is 210 Å². The molecule has 6 nitrogen and oxygen atoms in total. The quantitative estimate of drug-likeness (QED) is 0.266. The second-order valence-corrected chi connectivity index (χ2v) is 11.3. The van der Waals surface area contributed by atoms with Crippen molar-refractivity contribution >= 4 is 17.9 Å². The summed E-state index contributed by atoms with van der Waals surface area (Å²) in [5.74, 6) is -2.27. The van der Waals surface area contributed by atoms with Gasteiger partial charge in [-0.15, -0.1) is 6.92 Å². The van der Waals surface area contributed by atoms with Crippen molar-refractivity contribution in [2.45, 2.75) is 96.9 Å². The molecule has 7 heteroatoms. The zero-order valence-corrected chi connectivity index (χ0v) is 24.1. The largest absolute Gasteiger partial charge is 0.481 e. The van der Waals surface area contributed by atoms with Gasteiger partial charge in [-0.05, 0) is 62.3 Å². The van der Waals surface area contributed by atoms with E-state index in [0.717, 1.165) is 0 Å². The van der Waals surface area contributed by atoms with Gasteiger partial charge in [-0.3, -0.25) is 20.5 Å². The molecule has 0 amide bonds. The first-order valence-electron chi connectivity index (χ1n) is 10.3. The molecule has 0 spiro atoms. The van der Waals surface area contributed by atoms with Crippen LogP contribution in [-0.4, -0.2) is 33.2 Å². The third-order valence-corrected chi connectivity index (χ3v) is 4.49. The number of hydrogen-bond donors (Lipinski definition) is 3. The number of carbonyl (C=O) groups is 3. The Hall–Kier alpha value is -1.40. The second kappa shape index (κ2) is 14.0. The van der Waals surface area contributed by atoms with Crippen LogP contribution in [0, 0.1) is 27.7 Å². The fraction of sp³-hybridized carbons (Fsp3) is 0.720. The van der Waals surface area contributed by atoms with Crippen molar-refractivity contribution in [2.75, 3.05) is 0 Å². The molecule has 0 bridgehead atoms. The van der Waals surface area contributed by atoms with Crippen molar-refractivity contribution in [1.82, 2.24) is 0 Å². The summed E-state index contributed by atoms with van der Waals surface area (Å²) in [5, 5.41) is 24.8. The van der Waals surface area contributed by atoms with Crippen LogP contribution in [0.4, 0.5) is 0 Å². The summed E-state index contributed by atoms with van der Waals surface area (Å²) < 4.78 is 0. The molecule has 0 fully saturated rings. The van der Waals surface area contributed by atoms with E-state index in [2.05, 4.69) is 40.7 Å². The predicted octanol–water partition coefficient (Wildman–Crippen LogP) is 6.46. The molecule has 0 aromatic carbocycles. The maximum Gasteiger partial charge on any atom is 0.308 e. The number of carboxylic acid groups (broad SMARTS) is 3. The molecule has 1 aliphatic carbocycles. The molecule has 0 heterocycles. The van der Waals surface area contributed by atoms with Crippen LogP contribution in [0.2, 0.25) is 0 Å². The number of rotatable bonds is 0. The van der Waals surface area contributed by atoms with Gasteiger partial charge in [0.1, 0.15) is 0 Å². The summed E-state index contributed by atoms with van der Waals surface area (Å²) in [6, 6.07) is 0. The smallest absolute Gasteiger partial charge is 0.308 e. The monoisotopic (exact) mass is 489 g/mol.